The lowest BCUT2D eigenvalue weighted by Crippen LogP contribution is -2.39. The summed E-state index contributed by atoms with van der Waals surface area (Å²) in [4.78, 5) is 13.5. The summed E-state index contributed by atoms with van der Waals surface area (Å²) >= 11 is 0. The van der Waals surface area contributed by atoms with Crippen molar-refractivity contribution in [2.75, 3.05) is 19.6 Å². The van der Waals surface area contributed by atoms with Gasteiger partial charge in [-0.25, -0.2) is 0 Å². The summed E-state index contributed by atoms with van der Waals surface area (Å²) in [6.07, 6.45) is 7.45. The second-order valence-corrected chi connectivity index (χ2v) is 7.32. The number of carbonyl (C=O) groups is 1. The van der Waals surface area contributed by atoms with Crippen LogP contribution < -0.4 is 0 Å². The fraction of sp³-hybridized carbons (Fsp3) is 0.375. The molecular weight excluding hydrogens is 334 g/mol. The lowest BCUT2D eigenvalue weighted by molar-refractivity contribution is -0.143. The summed E-state index contributed by atoms with van der Waals surface area (Å²) in [6, 6.07) is 21.1. The highest BCUT2D eigenvalue weighted by Crippen LogP contribution is 2.24. The fourth-order valence-corrected chi connectivity index (χ4v) is 3.82. The summed E-state index contributed by atoms with van der Waals surface area (Å²) in [5.41, 5.74) is 3.80. The number of hydrogen-bond acceptors (Lipinski definition) is 2. The van der Waals surface area contributed by atoms with E-state index in [1.165, 1.54) is 16.7 Å². The standard InChI is InChI=1S/C24H29NO2/c26-24(27)22-15-10-18-25(19-22)17-9-3-8-16-23(20-11-4-1-5-12-20)21-13-6-2-7-14-21/h1-2,4-7,11-14,16,22H,3,8-10,15,17-19H2,(H,26,27)/t22-/m1/s1. The van der Waals surface area contributed by atoms with Gasteiger partial charge in [0.1, 0.15) is 0 Å². The van der Waals surface area contributed by atoms with Crippen molar-refractivity contribution in [3.8, 4) is 0 Å². The van der Waals surface area contributed by atoms with Crippen LogP contribution in [0.4, 0.5) is 0 Å². The van der Waals surface area contributed by atoms with Crippen LogP contribution in [0.2, 0.25) is 0 Å². The summed E-state index contributed by atoms with van der Waals surface area (Å²) in [7, 11) is 0. The zero-order chi connectivity index (χ0) is 18.9. The Hall–Kier alpha value is -2.39. The fourth-order valence-electron chi connectivity index (χ4n) is 3.82. The molecule has 0 amide bonds. The Morgan fingerprint density at radius 1 is 1.00 bits per heavy atom. The Labute approximate surface area is 162 Å². The molecule has 3 rings (SSSR count). The number of benzene rings is 2. The van der Waals surface area contributed by atoms with E-state index in [2.05, 4.69) is 71.6 Å². The van der Waals surface area contributed by atoms with E-state index in [-0.39, 0.29) is 5.92 Å². The first-order chi connectivity index (χ1) is 13.2. The van der Waals surface area contributed by atoms with Crippen LogP contribution in [0.1, 0.15) is 43.2 Å². The van der Waals surface area contributed by atoms with Crippen LogP contribution >= 0.6 is 0 Å². The molecule has 1 saturated heterocycles. The highest BCUT2D eigenvalue weighted by molar-refractivity contribution is 5.79. The molecule has 2 aromatic carbocycles. The van der Waals surface area contributed by atoms with Crippen LogP contribution in [0.25, 0.3) is 5.57 Å². The molecule has 3 heteroatoms. The third-order valence-electron chi connectivity index (χ3n) is 5.30. The Morgan fingerprint density at radius 3 is 2.22 bits per heavy atom. The Morgan fingerprint density at radius 2 is 1.63 bits per heavy atom. The maximum absolute atomic E-state index is 11.2. The number of rotatable bonds is 8. The normalized spacial score (nSPS) is 17.4. The van der Waals surface area contributed by atoms with E-state index >= 15 is 0 Å². The predicted molar refractivity (Wildman–Crippen MR) is 111 cm³/mol. The third-order valence-corrected chi connectivity index (χ3v) is 5.30. The second kappa shape index (κ2) is 10.1. The van der Waals surface area contributed by atoms with Crippen molar-refractivity contribution in [2.24, 2.45) is 5.92 Å². The monoisotopic (exact) mass is 363 g/mol. The first-order valence-electron chi connectivity index (χ1n) is 10.00. The largest absolute Gasteiger partial charge is 0.481 e. The minimum absolute atomic E-state index is 0.179. The van der Waals surface area contributed by atoms with Gasteiger partial charge >= 0.3 is 5.97 Å². The highest BCUT2D eigenvalue weighted by atomic mass is 16.4. The molecule has 1 heterocycles. The molecule has 1 fully saturated rings. The molecule has 1 aliphatic rings. The Kier molecular flexibility index (Phi) is 7.23. The quantitative estimate of drug-likeness (QED) is 0.665. The molecule has 3 nitrogen and oxygen atoms in total. The number of likely N-dealkylation sites (tertiary alicyclic amines) is 1. The minimum atomic E-state index is -0.641. The van der Waals surface area contributed by atoms with Gasteiger partial charge in [-0.05, 0) is 61.9 Å². The van der Waals surface area contributed by atoms with Crippen molar-refractivity contribution in [1.82, 2.24) is 4.90 Å². The molecule has 0 aromatic heterocycles. The van der Waals surface area contributed by atoms with Gasteiger partial charge in [0.2, 0.25) is 0 Å². The smallest absolute Gasteiger partial charge is 0.307 e. The topological polar surface area (TPSA) is 40.5 Å². The number of aliphatic carboxylic acids is 1. The average molecular weight is 364 g/mol. The maximum Gasteiger partial charge on any atom is 0.307 e. The first-order valence-corrected chi connectivity index (χ1v) is 10.00. The molecule has 0 unspecified atom stereocenters. The number of piperidine rings is 1. The minimum Gasteiger partial charge on any atom is -0.481 e. The van der Waals surface area contributed by atoms with Gasteiger partial charge in [-0.15, -0.1) is 0 Å². The molecular formula is C24H29NO2. The molecule has 27 heavy (non-hydrogen) atoms. The number of hydrogen-bond donors (Lipinski definition) is 1. The van der Waals surface area contributed by atoms with Gasteiger partial charge in [0.25, 0.3) is 0 Å². The number of carboxylic acid groups (broad SMARTS) is 1. The van der Waals surface area contributed by atoms with Crippen molar-refractivity contribution in [1.29, 1.82) is 0 Å². The molecule has 142 valence electrons. The van der Waals surface area contributed by atoms with E-state index in [0.29, 0.717) is 6.54 Å². The van der Waals surface area contributed by atoms with E-state index < -0.39 is 5.97 Å². The average Bonchev–Trinajstić information content (AvgIpc) is 2.72. The van der Waals surface area contributed by atoms with Crippen LogP contribution in [0.5, 0.6) is 0 Å². The lowest BCUT2D eigenvalue weighted by Gasteiger charge is -2.30. The Balaban J connectivity index is 1.54. The van der Waals surface area contributed by atoms with Gasteiger partial charge in [-0.3, -0.25) is 4.79 Å². The van der Waals surface area contributed by atoms with Crippen LogP contribution in [-0.4, -0.2) is 35.6 Å². The van der Waals surface area contributed by atoms with Crippen molar-refractivity contribution in [3.63, 3.8) is 0 Å². The lowest BCUT2D eigenvalue weighted by atomic mass is 9.96. The molecule has 0 spiro atoms. The van der Waals surface area contributed by atoms with Gasteiger partial charge in [-0.2, -0.15) is 0 Å². The zero-order valence-electron chi connectivity index (χ0n) is 15.9. The van der Waals surface area contributed by atoms with Crippen molar-refractivity contribution >= 4 is 11.5 Å². The SMILES string of the molecule is O=C(O)[C@@H]1CCCN(CCCCC=C(c2ccccc2)c2ccccc2)C1. The molecule has 1 atom stereocenters. The van der Waals surface area contributed by atoms with Gasteiger partial charge < -0.3 is 10.0 Å². The maximum atomic E-state index is 11.2. The molecule has 2 aromatic rings. The summed E-state index contributed by atoms with van der Waals surface area (Å²) < 4.78 is 0. The predicted octanol–water partition coefficient (Wildman–Crippen LogP) is 5.09. The number of carboxylic acids is 1. The summed E-state index contributed by atoms with van der Waals surface area (Å²) in [5.74, 6) is -0.820. The third kappa shape index (κ3) is 5.80. The first kappa shape index (κ1) is 19.4. The van der Waals surface area contributed by atoms with Gasteiger partial charge in [0.15, 0.2) is 0 Å². The molecule has 0 radical (unpaired) electrons. The number of allylic oxidation sites excluding steroid dienone is 1. The molecule has 1 aliphatic heterocycles. The Bertz CT molecular complexity index is 698. The van der Waals surface area contributed by atoms with Crippen molar-refractivity contribution < 1.29 is 9.90 Å². The van der Waals surface area contributed by atoms with E-state index in [1.54, 1.807) is 0 Å². The number of unbranched alkanes of at least 4 members (excludes halogenated alkanes) is 2. The van der Waals surface area contributed by atoms with Crippen molar-refractivity contribution in [3.05, 3.63) is 77.9 Å². The van der Waals surface area contributed by atoms with Crippen molar-refractivity contribution in [2.45, 2.75) is 32.1 Å². The van der Waals surface area contributed by atoms with Crippen LogP contribution in [0, 0.1) is 5.92 Å². The second-order valence-electron chi connectivity index (χ2n) is 7.32. The van der Waals surface area contributed by atoms with Gasteiger partial charge in [0.05, 0.1) is 5.92 Å². The zero-order valence-corrected chi connectivity index (χ0v) is 15.9. The van der Waals surface area contributed by atoms with Gasteiger partial charge in [-0.1, -0.05) is 66.7 Å². The summed E-state index contributed by atoms with van der Waals surface area (Å²) in [6.45, 7) is 2.76. The van der Waals surface area contributed by atoms with E-state index in [1.807, 2.05) is 0 Å². The van der Waals surface area contributed by atoms with E-state index in [4.69, 9.17) is 0 Å². The van der Waals surface area contributed by atoms with Crippen LogP contribution in [0.3, 0.4) is 0 Å². The summed E-state index contributed by atoms with van der Waals surface area (Å²) in [5, 5.41) is 9.21. The molecule has 0 saturated carbocycles. The van der Waals surface area contributed by atoms with E-state index in [9.17, 15) is 9.90 Å². The van der Waals surface area contributed by atoms with Crippen LogP contribution in [0.15, 0.2) is 66.7 Å². The molecule has 0 aliphatic carbocycles. The number of nitrogens with zero attached hydrogens (tertiary/aromatic N) is 1. The molecule has 1 N–H and O–H groups in total. The van der Waals surface area contributed by atoms with Crippen LogP contribution in [-0.2, 0) is 4.79 Å². The molecule has 0 bridgehead atoms. The highest BCUT2D eigenvalue weighted by Gasteiger charge is 2.24. The van der Waals surface area contributed by atoms with E-state index in [0.717, 1.165) is 45.2 Å². The van der Waals surface area contributed by atoms with Gasteiger partial charge in [0, 0.05) is 6.54 Å².